The fourth-order valence-electron chi connectivity index (χ4n) is 4.07. The van der Waals surface area contributed by atoms with Gasteiger partial charge in [0.25, 0.3) is 0 Å². The normalized spacial score (nSPS) is 22.6. The minimum Gasteiger partial charge on any atom is -0.490 e. The van der Waals surface area contributed by atoms with E-state index in [1.54, 1.807) is 11.6 Å². The van der Waals surface area contributed by atoms with Crippen molar-refractivity contribution in [1.82, 2.24) is 10.2 Å². The summed E-state index contributed by atoms with van der Waals surface area (Å²) in [5, 5.41) is 6.95. The zero-order valence-electron chi connectivity index (χ0n) is 14.7. The maximum absolute atomic E-state index is 14.2. The van der Waals surface area contributed by atoms with Crippen LogP contribution in [0.3, 0.4) is 0 Å². The lowest BCUT2D eigenvalue weighted by molar-refractivity contribution is 0.131. The molecule has 0 bridgehead atoms. The van der Waals surface area contributed by atoms with Crippen LogP contribution >= 0.6 is 0 Å². The number of benzene rings is 1. The Kier molecular flexibility index (Phi) is 4.40. The van der Waals surface area contributed by atoms with Crippen LogP contribution in [-0.2, 0) is 0 Å². The highest BCUT2D eigenvalue weighted by Gasteiger charge is 2.25. The quantitative estimate of drug-likeness (QED) is 0.771. The van der Waals surface area contributed by atoms with Crippen LogP contribution in [0.25, 0.3) is 10.9 Å². The second kappa shape index (κ2) is 6.70. The predicted molar refractivity (Wildman–Crippen MR) is 97.9 cm³/mol. The van der Waals surface area contributed by atoms with E-state index < -0.39 is 0 Å². The molecule has 0 unspecified atom stereocenters. The first-order valence-electron chi connectivity index (χ1n) is 9.39. The number of allylic oxidation sites excluding steroid dienone is 2. The number of hydrogen-bond donors (Lipinski definition) is 2. The fourth-order valence-corrected chi connectivity index (χ4v) is 4.07. The first kappa shape index (κ1) is 16.4. The fraction of sp³-hybridized carbons (Fsp3) is 0.550. The topological polar surface area (TPSA) is 63.9 Å². The van der Waals surface area contributed by atoms with Gasteiger partial charge in [-0.2, -0.15) is 5.10 Å². The lowest BCUT2D eigenvalue weighted by atomic mass is 9.78. The van der Waals surface area contributed by atoms with Crippen molar-refractivity contribution in [3.63, 3.8) is 0 Å². The van der Waals surface area contributed by atoms with Crippen LogP contribution in [0.15, 0.2) is 23.8 Å². The predicted octanol–water partition coefficient (Wildman–Crippen LogP) is 4.97. The molecule has 3 N–H and O–H groups in total. The average molecular weight is 343 g/mol. The molecule has 1 aromatic heterocycles. The van der Waals surface area contributed by atoms with Gasteiger partial charge in [0.15, 0.2) is 5.82 Å². The van der Waals surface area contributed by atoms with Gasteiger partial charge in [-0.3, -0.25) is 5.10 Å². The van der Waals surface area contributed by atoms with Crippen molar-refractivity contribution >= 4 is 16.7 Å². The van der Waals surface area contributed by atoms with Crippen LogP contribution in [-0.4, -0.2) is 16.3 Å². The Morgan fingerprint density at radius 1 is 1.28 bits per heavy atom. The molecule has 0 saturated heterocycles. The highest BCUT2D eigenvalue weighted by Crippen LogP contribution is 2.36. The molecule has 5 heteroatoms. The molecule has 2 aliphatic rings. The highest BCUT2D eigenvalue weighted by atomic mass is 19.1. The Hall–Kier alpha value is -2.04. The second-order valence-corrected chi connectivity index (χ2v) is 7.61. The van der Waals surface area contributed by atoms with Gasteiger partial charge in [0.2, 0.25) is 0 Å². The first-order valence-corrected chi connectivity index (χ1v) is 9.39. The van der Waals surface area contributed by atoms with E-state index in [1.807, 2.05) is 0 Å². The molecule has 0 radical (unpaired) electrons. The van der Waals surface area contributed by atoms with Crippen LogP contribution < -0.4 is 10.5 Å². The summed E-state index contributed by atoms with van der Waals surface area (Å²) in [7, 11) is 0. The number of nitrogen functional groups attached to an aromatic ring is 1. The summed E-state index contributed by atoms with van der Waals surface area (Å²) >= 11 is 0. The van der Waals surface area contributed by atoms with E-state index in [0.717, 1.165) is 18.8 Å². The van der Waals surface area contributed by atoms with Gasteiger partial charge >= 0.3 is 0 Å². The van der Waals surface area contributed by atoms with Crippen molar-refractivity contribution in [3.8, 4) is 5.75 Å². The summed E-state index contributed by atoms with van der Waals surface area (Å²) in [6, 6.07) is 3.19. The van der Waals surface area contributed by atoms with E-state index in [4.69, 9.17) is 10.5 Å². The van der Waals surface area contributed by atoms with Gasteiger partial charge in [-0.15, -0.1) is 0 Å². The van der Waals surface area contributed by atoms with Gasteiger partial charge in [0, 0.05) is 12.1 Å². The molecule has 2 aliphatic carbocycles. The minimum absolute atomic E-state index is 0.0716. The number of nitrogens with zero attached hydrogens (tertiary/aromatic N) is 1. The van der Waals surface area contributed by atoms with Crippen molar-refractivity contribution in [2.45, 2.75) is 58.0 Å². The minimum atomic E-state index is -0.389. The summed E-state index contributed by atoms with van der Waals surface area (Å²) in [6.45, 7) is 2.09. The average Bonchev–Trinajstić information content (AvgIpc) is 2.93. The smallest absolute Gasteiger partial charge is 0.156 e. The molecule has 134 valence electrons. The summed E-state index contributed by atoms with van der Waals surface area (Å²) in [5.74, 6) is 1.70. The zero-order chi connectivity index (χ0) is 17.4. The van der Waals surface area contributed by atoms with E-state index >= 15 is 0 Å². The molecular weight excluding hydrogens is 317 g/mol. The standard InChI is InChI=1S/C20H26FN3O/c1-12(15-7-5-14(6-8-15)9-13-3-2-4-13)25-16-10-17(21)19-18(11-16)23-24-20(19)22/h9-13,15H,2-8H2,1H3,(H3,22,23,24)/t12-,15?/m0/s1. The zero-order valence-corrected chi connectivity index (χ0v) is 14.7. The van der Waals surface area contributed by atoms with Crippen LogP contribution in [0.5, 0.6) is 5.75 Å². The summed E-state index contributed by atoms with van der Waals surface area (Å²) in [5.41, 5.74) is 7.89. The number of nitrogens with two attached hydrogens (primary N) is 1. The van der Waals surface area contributed by atoms with Gasteiger partial charge in [-0.1, -0.05) is 18.1 Å². The summed E-state index contributed by atoms with van der Waals surface area (Å²) in [6.07, 6.45) is 11.4. The van der Waals surface area contributed by atoms with Crippen molar-refractivity contribution in [2.24, 2.45) is 11.8 Å². The number of rotatable bonds is 4. The molecule has 1 atom stereocenters. The monoisotopic (exact) mass is 343 g/mol. The first-order chi connectivity index (χ1) is 12.1. The largest absolute Gasteiger partial charge is 0.490 e. The number of halogens is 1. The number of ether oxygens (including phenoxy) is 1. The molecule has 0 aliphatic heterocycles. The van der Waals surface area contributed by atoms with E-state index in [9.17, 15) is 4.39 Å². The summed E-state index contributed by atoms with van der Waals surface area (Å²) in [4.78, 5) is 0. The van der Waals surface area contributed by atoms with Crippen molar-refractivity contribution in [3.05, 3.63) is 29.6 Å². The van der Waals surface area contributed by atoms with Crippen LogP contribution in [0, 0.1) is 17.7 Å². The molecular formula is C20H26FN3O. The SMILES string of the molecule is C[C@H](Oc1cc(F)c2c(N)n[nH]c2c1)C1CCC(=CC2CCC2)CC1. The van der Waals surface area contributed by atoms with Gasteiger partial charge in [-0.05, 0) is 57.3 Å². The van der Waals surface area contributed by atoms with E-state index in [0.29, 0.717) is 22.6 Å². The third kappa shape index (κ3) is 3.37. The molecule has 2 fully saturated rings. The number of anilines is 1. The van der Waals surface area contributed by atoms with Gasteiger partial charge in [0.1, 0.15) is 11.6 Å². The van der Waals surface area contributed by atoms with Crippen LogP contribution in [0.1, 0.15) is 51.9 Å². The molecule has 4 nitrogen and oxygen atoms in total. The van der Waals surface area contributed by atoms with Crippen molar-refractivity contribution in [1.29, 1.82) is 0 Å². The van der Waals surface area contributed by atoms with E-state index in [2.05, 4.69) is 23.2 Å². The molecule has 25 heavy (non-hydrogen) atoms. The van der Waals surface area contributed by atoms with Gasteiger partial charge < -0.3 is 10.5 Å². The Labute approximate surface area is 147 Å². The number of aromatic nitrogens is 2. The van der Waals surface area contributed by atoms with E-state index in [1.165, 1.54) is 38.2 Å². The Bertz CT molecular complexity index is 784. The molecule has 4 rings (SSSR count). The Morgan fingerprint density at radius 2 is 2.04 bits per heavy atom. The number of nitrogens with one attached hydrogen (secondary N) is 1. The lowest BCUT2D eigenvalue weighted by Crippen LogP contribution is -2.26. The molecule has 0 amide bonds. The Morgan fingerprint density at radius 3 is 2.72 bits per heavy atom. The third-order valence-electron chi connectivity index (χ3n) is 5.90. The highest BCUT2D eigenvalue weighted by molar-refractivity contribution is 5.90. The lowest BCUT2D eigenvalue weighted by Gasteiger charge is -2.31. The van der Waals surface area contributed by atoms with Crippen molar-refractivity contribution in [2.75, 3.05) is 5.73 Å². The molecule has 1 heterocycles. The van der Waals surface area contributed by atoms with Gasteiger partial charge in [-0.25, -0.2) is 4.39 Å². The maximum Gasteiger partial charge on any atom is 0.156 e. The number of H-pyrrole nitrogens is 1. The third-order valence-corrected chi connectivity index (χ3v) is 5.90. The second-order valence-electron chi connectivity index (χ2n) is 7.61. The Balaban J connectivity index is 1.39. The maximum atomic E-state index is 14.2. The molecule has 2 saturated carbocycles. The van der Waals surface area contributed by atoms with Crippen LogP contribution in [0.2, 0.25) is 0 Å². The van der Waals surface area contributed by atoms with E-state index in [-0.39, 0.29) is 17.7 Å². The number of fused-ring (bicyclic) bond motifs is 1. The number of hydrogen-bond acceptors (Lipinski definition) is 3. The van der Waals surface area contributed by atoms with Crippen molar-refractivity contribution < 1.29 is 9.13 Å². The molecule has 0 spiro atoms. The molecule has 1 aromatic carbocycles. The molecule has 2 aromatic rings. The number of aromatic amines is 1. The van der Waals surface area contributed by atoms with Gasteiger partial charge in [0.05, 0.1) is 17.0 Å². The summed E-state index contributed by atoms with van der Waals surface area (Å²) < 4.78 is 20.3. The van der Waals surface area contributed by atoms with Crippen LogP contribution in [0.4, 0.5) is 10.2 Å².